The molecule has 1 aliphatic heterocycles. The zero-order valence-corrected chi connectivity index (χ0v) is 12.9. The summed E-state index contributed by atoms with van der Waals surface area (Å²) in [5, 5.41) is 13.7. The predicted octanol–water partition coefficient (Wildman–Crippen LogP) is 2.06. The Labute approximate surface area is 124 Å². The van der Waals surface area contributed by atoms with E-state index in [4.69, 9.17) is 0 Å². The lowest BCUT2D eigenvalue weighted by molar-refractivity contribution is -0.384. The highest BCUT2D eigenvalue weighted by atomic mass is 32.2. The summed E-state index contributed by atoms with van der Waals surface area (Å²) in [4.78, 5) is 10.4. The molecule has 1 fully saturated rings. The quantitative estimate of drug-likeness (QED) is 0.663. The summed E-state index contributed by atoms with van der Waals surface area (Å²) in [7, 11) is -2.10. The number of benzene rings is 1. The molecule has 7 nitrogen and oxygen atoms in total. The molecule has 0 aromatic heterocycles. The van der Waals surface area contributed by atoms with E-state index in [1.165, 1.54) is 16.4 Å². The van der Waals surface area contributed by atoms with Gasteiger partial charge in [-0.05, 0) is 24.5 Å². The third-order valence-corrected chi connectivity index (χ3v) is 5.76. The van der Waals surface area contributed by atoms with Gasteiger partial charge >= 0.3 is 0 Å². The number of hydrogen-bond donors (Lipinski definition) is 1. The van der Waals surface area contributed by atoms with E-state index < -0.39 is 14.9 Å². The van der Waals surface area contributed by atoms with Crippen LogP contribution >= 0.6 is 0 Å². The van der Waals surface area contributed by atoms with Crippen molar-refractivity contribution in [2.24, 2.45) is 5.92 Å². The van der Waals surface area contributed by atoms with Crippen molar-refractivity contribution in [1.82, 2.24) is 4.31 Å². The van der Waals surface area contributed by atoms with Crippen molar-refractivity contribution in [3.8, 4) is 0 Å². The lowest BCUT2D eigenvalue weighted by Crippen LogP contribution is -2.28. The molecule has 2 rings (SSSR count). The number of sulfonamides is 1. The molecule has 0 spiro atoms. The molecule has 8 heteroatoms. The molecule has 0 saturated carbocycles. The molecular weight excluding hydrogens is 294 g/mol. The number of nitrogens with zero attached hydrogens (tertiary/aromatic N) is 2. The highest BCUT2D eigenvalue weighted by molar-refractivity contribution is 7.89. The first-order chi connectivity index (χ1) is 9.90. The Hall–Kier alpha value is -1.67. The third kappa shape index (κ3) is 3.01. The third-order valence-electron chi connectivity index (χ3n) is 3.90. The second-order valence-corrected chi connectivity index (χ2v) is 7.05. The number of rotatable bonds is 5. The Bertz CT molecular complexity index is 645. The Kier molecular flexibility index (Phi) is 4.48. The van der Waals surface area contributed by atoms with E-state index >= 15 is 0 Å². The van der Waals surface area contributed by atoms with Crippen LogP contribution in [-0.4, -0.2) is 37.8 Å². The van der Waals surface area contributed by atoms with Gasteiger partial charge in [0, 0.05) is 26.2 Å². The Morgan fingerprint density at radius 3 is 2.71 bits per heavy atom. The van der Waals surface area contributed by atoms with Gasteiger partial charge in [0.1, 0.15) is 5.69 Å². The van der Waals surface area contributed by atoms with Gasteiger partial charge in [-0.3, -0.25) is 10.1 Å². The highest BCUT2D eigenvalue weighted by Gasteiger charge is 2.32. The maximum Gasteiger partial charge on any atom is 0.293 e. The fourth-order valence-electron chi connectivity index (χ4n) is 2.53. The minimum absolute atomic E-state index is 0.0232. The van der Waals surface area contributed by atoms with Crippen LogP contribution in [0.1, 0.15) is 19.8 Å². The molecule has 1 aliphatic rings. The second-order valence-electron chi connectivity index (χ2n) is 5.11. The lowest BCUT2D eigenvalue weighted by Gasteiger charge is -2.16. The van der Waals surface area contributed by atoms with Gasteiger partial charge in [0.05, 0.1) is 9.82 Å². The van der Waals surface area contributed by atoms with Crippen LogP contribution < -0.4 is 5.32 Å². The van der Waals surface area contributed by atoms with Crippen molar-refractivity contribution in [3.63, 3.8) is 0 Å². The van der Waals surface area contributed by atoms with Gasteiger partial charge in [0.25, 0.3) is 5.69 Å². The van der Waals surface area contributed by atoms with Gasteiger partial charge < -0.3 is 5.32 Å². The largest absolute Gasteiger partial charge is 0.383 e. The highest BCUT2D eigenvalue weighted by Crippen LogP contribution is 2.31. The van der Waals surface area contributed by atoms with E-state index in [1.54, 1.807) is 7.05 Å². The van der Waals surface area contributed by atoms with Crippen molar-refractivity contribution in [2.45, 2.75) is 24.7 Å². The van der Waals surface area contributed by atoms with Crippen LogP contribution in [0.3, 0.4) is 0 Å². The second kappa shape index (κ2) is 5.98. The molecule has 0 radical (unpaired) electrons. The first-order valence-electron chi connectivity index (χ1n) is 6.86. The molecular formula is C13H19N3O4S. The predicted molar refractivity (Wildman–Crippen MR) is 79.8 cm³/mol. The van der Waals surface area contributed by atoms with Crippen LogP contribution in [0.5, 0.6) is 0 Å². The number of nitro benzene ring substituents is 1. The van der Waals surface area contributed by atoms with Gasteiger partial charge in [0.2, 0.25) is 10.0 Å². The van der Waals surface area contributed by atoms with Crippen molar-refractivity contribution in [1.29, 1.82) is 0 Å². The van der Waals surface area contributed by atoms with Crippen LogP contribution in [0.15, 0.2) is 23.1 Å². The maximum atomic E-state index is 12.6. The number of nitro groups is 1. The zero-order chi connectivity index (χ0) is 15.6. The van der Waals surface area contributed by atoms with Crippen LogP contribution in [0.4, 0.5) is 11.4 Å². The van der Waals surface area contributed by atoms with Gasteiger partial charge in [-0.1, -0.05) is 13.3 Å². The summed E-state index contributed by atoms with van der Waals surface area (Å²) in [6, 6.07) is 3.96. The van der Waals surface area contributed by atoms with Gasteiger partial charge in [-0.25, -0.2) is 8.42 Å². The topological polar surface area (TPSA) is 92.6 Å². The molecule has 1 saturated heterocycles. The fraction of sp³-hybridized carbons (Fsp3) is 0.538. The summed E-state index contributed by atoms with van der Waals surface area (Å²) in [5.41, 5.74) is 0.0663. The molecule has 1 heterocycles. The van der Waals surface area contributed by atoms with E-state index in [9.17, 15) is 18.5 Å². The Balaban J connectivity index is 2.37. The van der Waals surface area contributed by atoms with Crippen molar-refractivity contribution in [2.75, 3.05) is 25.5 Å². The number of hydrogen-bond acceptors (Lipinski definition) is 5. The van der Waals surface area contributed by atoms with Gasteiger partial charge in [0.15, 0.2) is 0 Å². The first-order valence-corrected chi connectivity index (χ1v) is 8.30. The molecule has 1 N–H and O–H groups in total. The van der Waals surface area contributed by atoms with Crippen molar-refractivity contribution >= 4 is 21.4 Å². The molecule has 1 atom stereocenters. The lowest BCUT2D eigenvalue weighted by atomic mass is 10.1. The van der Waals surface area contributed by atoms with Crippen molar-refractivity contribution < 1.29 is 13.3 Å². The van der Waals surface area contributed by atoms with E-state index in [0.29, 0.717) is 24.7 Å². The molecule has 0 amide bonds. The van der Waals surface area contributed by atoms with E-state index in [2.05, 4.69) is 5.32 Å². The smallest absolute Gasteiger partial charge is 0.293 e. The monoisotopic (exact) mass is 313 g/mol. The Morgan fingerprint density at radius 2 is 2.19 bits per heavy atom. The van der Waals surface area contributed by atoms with Crippen LogP contribution in [-0.2, 0) is 10.0 Å². The van der Waals surface area contributed by atoms with Crippen LogP contribution in [0.2, 0.25) is 0 Å². The van der Waals surface area contributed by atoms with Gasteiger partial charge in [-0.15, -0.1) is 0 Å². The van der Waals surface area contributed by atoms with Crippen molar-refractivity contribution in [3.05, 3.63) is 28.3 Å². The summed E-state index contributed by atoms with van der Waals surface area (Å²) in [6.45, 7) is 3.00. The number of anilines is 1. The summed E-state index contributed by atoms with van der Waals surface area (Å²) in [5.74, 6) is 0.367. The fourth-order valence-corrected chi connectivity index (χ4v) is 4.08. The van der Waals surface area contributed by atoms with Crippen LogP contribution in [0, 0.1) is 16.0 Å². The standard InChI is InChI=1S/C13H19N3O4S/c1-3-10-6-7-15(9-10)21(19,20)11-4-5-12(14-2)13(8-11)16(17)18/h4-5,8,10,14H,3,6-7,9H2,1-2H3. The molecule has 0 aliphatic carbocycles. The maximum absolute atomic E-state index is 12.6. The molecule has 116 valence electrons. The summed E-state index contributed by atoms with van der Waals surface area (Å²) < 4.78 is 26.5. The molecule has 21 heavy (non-hydrogen) atoms. The average Bonchev–Trinajstić information content (AvgIpc) is 2.96. The van der Waals surface area contributed by atoms with Gasteiger partial charge in [-0.2, -0.15) is 4.31 Å². The molecule has 1 aromatic carbocycles. The zero-order valence-electron chi connectivity index (χ0n) is 12.1. The normalized spacial score (nSPS) is 19.6. The molecule has 0 bridgehead atoms. The molecule has 1 unspecified atom stereocenters. The minimum atomic E-state index is -3.66. The van der Waals surface area contributed by atoms with E-state index in [-0.39, 0.29) is 10.6 Å². The number of nitrogens with one attached hydrogen (secondary N) is 1. The van der Waals surface area contributed by atoms with Crippen LogP contribution in [0.25, 0.3) is 0 Å². The summed E-state index contributed by atoms with van der Waals surface area (Å²) >= 11 is 0. The average molecular weight is 313 g/mol. The summed E-state index contributed by atoms with van der Waals surface area (Å²) in [6.07, 6.45) is 1.78. The first kappa shape index (κ1) is 15.7. The minimum Gasteiger partial charge on any atom is -0.383 e. The van der Waals surface area contributed by atoms with E-state index in [0.717, 1.165) is 18.9 Å². The SMILES string of the molecule is CCC1CCN(S(=O)(=O)c2ccc(NC)c([N+](=O)[O-])c2)C1. The molecule has 1 aromatic rings. The van der Waals surface area contributed by atoms with E-state index in [1.807, 2.05) is 6.92 Å². The Morgan fingerprint density at radius 1 is 1.48 bits per heavy atom.